The monoisotopic (exact) mass is 353 g/mol. The first-order valence-corrected chi connectivity index (χ1v) is 8.41. The van der Waals surface area contributed by atoms with Crippen LogP contribution in [0.1, 0.15) is 29.4 Å². The molecule has 0 radical (unpaired) electrons. The second-order valence-corrected chi connectivity index (χ2v) is 5.70. The van der Waals surface area contributed by atoms with Crippen molar-refractivity contribution in [1.82, 2.24) is 15.3 Å². The van der Waals surface area contributed by atoms with E-state index in [9.17, 15) is 9.59 Å². The van der Waals surface area contributed by atoms with E-state index in [-0.39, 0.29) is 5.56 Å². The first-order valence-electron chi connectivity index (χ1n) is 8.41. The fraction of sp³-hybridized carbons (Fsp3) is 0.263. The SMILES string of the molecule is CCCOc1ccc2cc(C(=O)NCCc3cnccn3)c(=O)oc2c1. The van der Waals surface area contributed by atoms with Crippen molar-refractivity contribution in [3.05, 3.63) is 64.5 Å². The van der Waals surface area contributed by atoms with Gasteiger partial charge in [0.15, 0.2) is 0 Å². The molecule has 3 aromatic rings. The summed E-state index contributed by atoms with van der Waals surface area (Å²) in [5.74, 6) is 0.152. The first kappa shape index (κ1) is 17.6. The number of amides is 1. The molecule has 7 nitrogen and oxygen atoms in total. The summed E-state index contributed by atoms with van der Waals surface area (Å²) in [6, 6.07) is 6.73. The van der Waals surface area contributed by atoms with E-state index in [1.807, 2.05) is 6.92 Å². The predicted octanol–water partition coefficient (Wildman–Crippen LogP) is 2.34. The maximum Gasteiger partial charge on any atom is 0.349 e. The van der Waals surface area contributed by atoms with Gasteiger partial charge in [-0.05, 0) is 24.6 Å². The Morgan fingerprint density at radius 2 is 2.15 bits per heavy atom. The highest BCUT2D eigenvalue weighted by Gasteiger charge is 2.14. The van der Waals surface area contributed by atoms with E-state index in [0.717, 1.165) is 12.1 Å². The number of hydrogen-bond donors (Lipinski definition) is 1. The average molecular weight is 353 g/mol. The molecule has 0 aliphatic rings. The molecule has 0 saturated heterocycles. The summed E-state index contributed by atoms with van der Waals surface area (Å²) in [4.78, 5) is 32.5. The van der Waals surface area contributed by atoms with Crippen LogP contribution in [-0.2, 0) is 6.42 Å². The Morgan fingerprint density at radius 1 is 1.27 bits per heavy atom. The van der Waals surface area contributed by atoms with Crippen LogP contribution in [-0.4, -0.2) is 29.0 Å². The number of aromatic nitrogens is 2. The van der Waals surface area contributed by atoms with Gasteiger partial charge in [0.25, 0.3) is 5.91 Å². The summed E-state index contributed by atoms with van der Waals surface area (Å²) in [7, 11) is 0. The van der Waals surface area contributed by atoms with Gasteiger partial charge in [0, 0.05) is 43.0 Å². The molecule has 0 fully saturated rings. The van der Waals surface area contributed by atoms with Crippen LogP contribution >= 0.6 is 0 Å². The zero-order valence-electron chi connectivity index (χ0n) is 14.4. The number of ether oxygens (including phenoxy) is 1. The highest BCUT2D eigenvalue weighted by Crippen LogP contribution is 2.20. The van der Waals surface area contributed by atoms with Crippen molar-refractivity contribution in [2.24, 2.45) is 0 Å². The third-order valence-corrected chi connectivity index (χ3v) is 3.71. The maximum absolute atomic E-state index is 12.3. The molecule has 2 heterocycles. The van der Waals surface area contributed by atoms with Crippen molar-refractivity contribution >= 4 is 16.9 Å². The summed E-state index contributed by atoms with van der Waals surface area (Å²) in [6.45, 7) is 2.94. The van der Waals surface area contributed by atoms with Crippen LogP contribution in [0, 0.1) is 0 Å². The lowest BCUT2D eigenvalue weighted by atomic mass is 10.1. The number of nitrogens with zero attached hydrogens (tertiary/aromatic N) is 2. The van der Waals surface area contributed by atoms with E-state index in [2.05, 4.69) is 15.3 Å². The molecule has 1 aromatic carbocycles. The number of carbonyl (C=O) groups excluding carboxylic acids is 1. The summed E-state index contributed by atoms with van der Waals surface area (Å²) in [5.41, 5.74) is 0.443. The van der Waals surface area contributed by atoms with Crippen molar-refractivity contribution in [3.63, 3.8) is 0 Å². The maximum atomic E-state index is 12.3. The number of hydrogen-bond acceptors (Lipinski definition) is 6. The summed E-state index contributed by atoms with van der Waals surface area (Å²) in [6.07, 6.45) is 6.22. The van der Waals surface area contributed by atoms with Gasteiger partial charge in [-0.1, -0.05) is 6.92 Å². The predicted molar refractivity (Wildman–Crippen MR) is 96.3 cm³/mol. The quantitative estimate of drug-likeness (QED) is 0.655. The van der Waals surface area contributed by atoms with E-state index in [4.69, 9.17) is 9.15 Å². The lowest BCUT2D eigenvalue weighted by Gasteiger charge is -2.07. The summed E-state index contributed by atoms with van der Waals surface area (Å²) >= 11 is 0. The standard InChI is InChI=1S/C19H19N3O4/c1-2-9-25-15-4-3-13-10-16(19(24)26-17(13)11-15)18(23)22-6-5-14-12-20-7-8-21-14/h3-4,7-8,10-12H,2,5-6,9H2,1H3,(H,22,23). The van der Waals surface area contributed by atoms with Crippen LogP contribution in [0.4, 0.5) is 0 Å². The largest absolute Gasteiger partial charge is 0.493 e. The fourth-order valence-electron chi connectivity index (χ4n) is 2.42. The van der Waals surface area contributed by atoms with E-state index in [1.165, 1.54) is 6.07 Å². The first-order chi connectivity index (χ1) is 12.7. The smallest absolute Gasteiger partial charge is 0.349 e. The van der Waals surface area contributed by atoms with Crippen LogP contribution in [0.2, 0.25) is 0 Å². The van der Waals surface area contributed by atoms with Crippen LogP contribution in [0.15, 0.2) is 52.1 Å². The molecule has 0 aliphatic carbocycles. The molecular weight excluding hydrogens is 334 g/mol. The normalized spacial score (nSPS) is 10.7. The average Bonchev–Trinajstić information content (AvgIpc) is 2.66. The molecule has 1 amide bonds. The number of rotatable bonds is 7. The molecule has 2 aromatic heterocycles. The minimum absolute atomic E-state index is 0.0288. The van der Waals surface area contributed by atoms with Gasteiger partial charge in [-0.3, -0.25) is 14.8 Å². The van der Waals surface area contributed by atoms with E-state index in [0.29, 0.717) is 36.3 Å². The van der Waals surface area contributed by atoms with Crippen molar-refractivity contribution in [2.75, 3.05) is 13.2 Å². The Kier molecular flexibility index (Phi) is 5.58. The Labute approximate surface area is 150 Å². The van der Waals surface area contributed by atoms with Gasteiger partial charge in [-0.15, -0.1) is 0 Å². The highest BCUT2D eigenvalue weighted by atomic mass is 16.5. The molecule has 1 N–H and O–H groups in total. The van der Waals surface area contributed by atoms with Crippen LogP contribution in [0.25, 0.3) is 11.0 Å². The van der Waals surface area contributed by atoms with Gasteiger partial charge >= 0.3 is 5.63 Å². The molecule has 26 heavy (non-hydrogen) atoms. The Balaban J connectivity index is 1.71. The van der Waals surface area contributed by atoms with Gasteiger partial charge in [0.1, 0.15) is 16.9 Å². The van der Waals surface area contributed by atoms with Crippen LogP contribution in [0.3, 0.4) is 0 Å². The Morgan fingerprint density at radius 3 is 2.92 bits per heavy atom. The molecule has 0 saturated carbocycles. The molecule has 0 aliphatic heterocycles. The molecule has 0 bridgehead atoms. The second kappa shape index (κ2) is 8.24. The molecule has 134 valence electrons. The number of nitrogens with one attached hydrogen (secondary N) is 1. The van der Waals surface area contributed by atoms with Crippen LogP contribution < -0.4 is 15.7 Å². The van der Waals surface area contributed by atoms with Crippen molar-refractivity contribution in [3.8, 4) is 5.75 Å². The second-order valence-electron chi connectivity index (χ2n) is 5.70. The molecule has 0 unspecified atom stereocenters. The molecule has 3 rings (SSSR count). The zero-order chi connectivity index (χ0) is 18.4. The third-order valence-electron chi connectivity index (χ3n) is 3.71. The summed E-state index contributed by atoms with van der Waals surface area (Å²) in [5, 5.41) is 3.36. The summed E-state index contributed by atoms with van der Waals surface area (Å²) < 4.78 is 10.8. The minimum Gasteiger partial charge on any atom is -0.493 e. The third kappa shape index (κ3) is 4.24. The van der Waals surface area contributed by atoms with Gasteiger partial charge < -0.3 is 14.5 Å². The lowest BCUT2D eigenvalue weighted by Crippen LogP contribution is -2.30. The van der Waals surface area contributed by atoms with Gasteiger partial charge in [-0.25, -0.2) is 4.79 Å². The van der Waals surface area contributed by atoms with Gasteiger partial charge in [0.2, 0.25) is 0 Å². The number of benzene rings is 1. The number of fused-ring (bicyclic) bond motifs is 1. The number of carbonyl (C=O) groups is 1. The lowest BCUT2D eigenvalue weighted by molar-refractivity contribution is 0.0950. The Hall–Kier alpha value is -3.22. The van der Waals surface area contributed by atoms with Crippen molar-refractivity contribution in [2.45, 2.75) is 19.8 Å². The van der Waals surface area contributed by atoms with Crippen molar-refractivity contribution < 1.29 is 13.9 Å². The minimum atomic E-state index is -0.679. The van der Waals surface area contributed by atoms with Gasteiger partial charge in [0.05, 0.1) is 12.3 Å². The zero-order valence-corrected chi connectivity index (χ0v) is 14.4. The fourth-order valence-corrected chi connectivity index (χ4v) is 2.42. The highest BCUT2D eigenvalue weighted by molar-refractivity contribution is 5.96. The van der Waals surface area contributed by atoms with E-state index >= 15 is 0 Å². The molecule has 0 atom stereocenters. The van der Waals surface area contributed by atoms with E-state index < -0.39 is 11.5 Å². The topological polar surface area (TPSA) is 94.3 Å². The Bertz CT molecular complexity index is 954. The van der Waals surface area contributed by atoms with Crippen molar-refractivity contribution in [1.29, 1.82) is 0 Å². The molecule has 0 spiro atoms. The molecular formula is C19H19N3O4. The van der Waals surface area contributed by atoms with Crippen LogP contribution in [0.5, 0.6) is 5.75 Å². The van der Waals surface area contributed by atoms with E-state index in [1.54, 1.807) is 36.8 Å². The van der Waals surface area contributed by atoms with Gasteiger partial charge in [-0.2, -0.15) is 0 Å². The molecule has 7 heteroatoms.